The minimum atomic E-state index is -2.81. The molecule has 4 nitrogen and oxygen atoms in total. The van der Waals surface area contributed by atoms with Crippen molar-refractivity contribution >= 4 is 9.84 Å². The van der Waals surface area contributed by atoms with Crippen LogP contribution < -0.4 is 5.32 Å². The van der Waals surface area contributed by atoms with Gasteiger partial charge in [0, 0.05) is 30.7 Å². The summed E-state index contributed by atoms with van der Waals surface area (Å²) in [5, 5.41) is 3.73. The summed E-state index contributed by atoms with van der Waals surface area (Å²) in [6.07, 6.45) is 7.31. The van der Waals surface area contributed by atoms with E-state index in [1.54, 1.807) is 0 Å². The van der Waals surface area contributed by atoms with E-state index in [0.29, 0.717) is 11.5 Å². The first-order chi connectivity index (χ1) is 8.93. The van der Waals surface area contributed by atoms with Crippen LogP contribution in [-0.2, 0) is 9.84 Å². The van der Waals surface area contributed by atoms with Crippen LogP contribution in [0, 0.1) is 0 Å². The maximum Gasteiger partial charge on any atom is 0.152 e. The van der Waals surface area contributed by atoms with Crippen molar-refractivity contribution in [1.29, 1.82) is 0 Å². The number of rotatable bonds is 1. The van der Waals surface area contributed by atoms with Gasteiger partial charge in [0.05, 0.1) is 11.5 Å². The summed E-state index contributed by atoms with van der Waals surface area (Å²) in [5.74, 6) is 0.733. The third-order valence-corrected chi connectivity index (χ3v) is 7.32. The van der Waals surface area contributed by atoms with E-state index >= 15 is 0 Å². The lowest BCUT2D eigenvalue weighted by atomic mass is 9.79. The lowest BCUT2D eigenvalue weighted by Gasteiger charge is -2.51. The molecule has 2 heterocycles. The lowest BCUT2D eigenvalue weighted by Crippen LogP contribution is -2.65. The Kier molecular flexibility index (Phi) is 3.43. The summed E-state index contributed by atoms with van der Waals surface area (Å²) < 4.78 is 23.6. The van der Waals surface area contributed by atoms with Crippen LogP contribution in [0.15, 0.2) is 0 Å². The van der Waals surface area contributed by atoms with Gasteiger partial charge < -0.3 is 5.32 Å². The smallest absolute Gasteiger partial charge is 0.152 e. The van der Waals surface area contributed by atoms with E-state index in [2.05, 4.69) is 17.1 Å². The lowest BCUT2D eigenvalue weighted by molar-refractivity contribution is 0.0329. The Hall–Kier alpha value is -0.130. The highest BCUT2D eigenvalue weighted by atomic mass is 32.2. The summed E-state index contributed by atoms with van der Waals surface area (Å²) in [6.45, 7) is 5.20. The van der Waals surface area contributed by atoms with Crippen molar-refractivity contribution in [2.45, 2.75) is 56.5 Å². The van der Waals surface area contributed by atoms with E-state index in [1.165, 1.54) is 32.1 Å². The van der Waals surface area contributed by atoms with Crippen LogP contribution in [0.3, 0.4) is 0 Å². The Balaban J connectivity index is 1.75. The third kappa shape index (κ3) is 2.69. The molecule has 5 heteroatoms. The molecular formula is C14H26N2O2S. The van der Waals surface area contributed by atoms with Crippen molar-refractivity contribution in [3.8, 4) is 0 Å². The van der Waals surface area contributed by atoms with Gasteiger partial charge in [0.15, 0.2) is 9.84 Å². The van der Waals surface area contributed by atoms with Gasteiger partial charge in [-0.3, -0.25) is 4.90 Å². The molecule has 19 heavy (non-hydrogen) atoms. The SMILES string of the molecule is CC1(N2CCNC3(CCCCC3)C2)CCS(=O)(=O)C1. The fraction of sp³-hybridized carbons (Fsp3) is 1.00. The quantitative estimate of drug-likeness (QED) is 0.786. The number of hydrogen-bond donors (Lipinski definition) is 1. The zero-order valence-corrected chi connectivity index (χ0v) is 12.8. The first kappa shape index (κ1) is 13.8. The molecule has 2 aliphatic heterocycles. The predicted molar refractivity (Wildman–Crippen MR) is 77.1 cm³/mol. The molecule has 1 saturated carbocycles. The Morgan fingerprint density at radius 1 is 1.11 bits per heavy atom. The number of nitrogens with one attached hydrogen (secondary N) is 1. The predicted octanol–water partition coefficient (Wildman–Crippen LogP) is 1.17. The van der Waals surface area contributed by atoms with Crippen LogP contribution in [0.4, 0.5) is 0 Å². The molecule has 1 N–H and O–H groups in total. The molecule has 1 unspecified atom stereocenters. The minimum Gasteiger partial charge on any atom is -0.309 e. The second-order valence-corrected chi connectivity index (χ2v) is 9.21. The molecule has 1 atom stereocenters. The second kappa shape index (κ2) is 4.71. The van der Waals surface area contributed by atoms with E-state index < -0.39 is 9.84 Å². The van der Waals surface area contributed by atoms with E-state index in [9.17, 15) is 8.42 Å². The van der Waals surface area contributed by atoms with Crippen LogP contribution in [0.1, 0.15) is 45.4 Å². The zero-order valence-electron chi connectivity index (χ0n) is 12.0. The molecule has 0 bridgehead atoms. The number of sulfone groups is 1. The molecule has 3 aliphatic rings. The first-order valence-electron chi connectivity index (χ1n) is 7.64. The minimum absolute atomic E-state index is 0.120. The summed E-state index contributed by atoms with van der Waals surface area (Å²) >= 11 is 0. The highest BCUT2D eigenvalue weighted by molar-refractivity contribution is 7.91. The Bertz CT molecular complexity index is 437. The average Bonchev–Trinajstić information content (AvgIpc) is 2.66. The van der Waals surface area contributed by atoms with Gasteiger partial charge in [-0.05, 0) is 26.2 Å². The number of nitrogens with zero attached hydrogens (tertiary/aromatic N) is 1. The molecule has 2 saturated heterocycles. The highest BCUT2D eigenvalue weighted by Crippen LogP contribution is 2.36. The maximum atomic E-state index is 11.8. The standard InChI is InChI=1S/C14H26N2O2S/c1-13(7-10-19(17,18)12-13)16-9-8-15-14(11-16)5-3-2-4-6-14/h15H,2-12H2,1H3. The van der Waals surface area contributed by atoms with Gasteiger partial charge in [-0.1, -0.05) is 19.3 Å². The Labute approximate surface area is 116 Å². The average molecular weight is 286 g/mol. The fourth-order valence-electron chi connectivity index (χ4n) is 4.22. The largest absolute Gasteiger partial charge is 0.309 e. The van der Waals surface area contributed by atoms with Gasteiger partial charge in [0.2, 0.25) is 0 Å². The van der Waals surface area contributed by atoms with Crippen LogP contribution in [0.25, 0.3) is 0 Å². The number of piperazine rings is 1. The van der Waals surface area contributed by atoms with Crippen molar-refractivity contribution in [3.63, 3.8) is 0 Å². The van der Waals surface area contributed by atoms with Gasteiger partial charge >= 0.3 is 0 Å². The summed E-state index contributed by atoms with van der Waals surface area (Å²) in [7, 11) is -2.81. The monoisotopic (exact) mass is 286 g/mol. The van der Waals surface area contributed by atoms with Gasteiger partial charge in [0.25, 0.3) is 0 Å². The molecular weight excluding hydrogens is 260 g/mol. The third-order valence-electron chi connectivity index (χ3n) is 5.43. The summed E-state index contributed by atoms with van der Waals surface area (Å²) in [5.41, 5.74) is 0.150. The Morgan fingerprint density at radius 2 is 1.84 bits per heavy atom. The van der Waals surface area contributed by atoms with Crippen LogP contribution in [-0.4, -0.2) is 55.5 Å². The molecule has 3 fully saturated rings. The van der Waals surface area contributed by atoms with Gasteiger partial charge in [-0.2, -0.15) is 0 Å². The van der Waals surface area contributed by atoms with Crippen molar-refractivity contribution in [1.82, 2.24) is 10.2 Å². The molecule has 1 aliphatic carbocycles. The Morgan fingerprint density at radius 3 is 2.47 bits per heavy atom. The van der Waals surface area contributed by atoms with E-state index in [4.69, 9.17) is 0 Å². The van der Waals surface area contributed by atoms with E-state index in [0.717, 1.165) is 26.1 Å². The highest BCUT2D eigenvalue weighted by Gasteiger charge is 2.47. The van der Waals surface area contributed by atoms with Crippen molar-refractivity contribution < 1.29 is 8.42 Å². The van der Waals surface area contributed by atoms with Crippen molar-refractivity contribution in [2.75, 3.05) is 31.1 Å². The second-order valence-electron chi connectivity index (χ2n) is 7.03. The molecule has 0 aromatic heterocycles. The summed E-state index contributed by atoms with van der Waals surface area (Å²) in [4.78, 5) is 2.47. The van der Waals surface area contributed by atoms with Gasteiger partial charge in [-0.25, -0.2) is 8.42 Å². The van der Waals surface area contributed by atoms with E-state index in [-0.39, 0.29) is 11.1 Å². The van der Waals surface area contributed by atoms with Crippen molar-refractivity contribution in [3.05, 3.63) is 0 Å². The normalized spacial score (nSPS) is 38.6. The molecule has 0 aromatic carbocycles. The zero-order chi connectivity index (χ0) is 13.6. The first-order valence-corrected chi connectivity index (χ1v) is 9.46. The molecule has 0 radical (unpaired) electrons. The molecule has 0 aromatic rings. The fourth-order valence-corrected chi connectivity index (χ4v) is 6.39. The van der Waals surface area contributed by atoms with Crippen molar-refractivity contribution in [2.24, 2.45) is 0 Å². The van der Waals surface area contributed by atoms with Crippen LogP contribution in [0.2, 0.25) is 0 Å². The molecule has 3 rings (SSSR count). The number of hydrogen-bond acceptors (Lipinski definition) is 4. The molecule has 1 spiro atoms. The van der Waals surface area contributed by atoms with Gasteiger partial charge in [0.1, 0.15) is 0 Å². The molecule has 0 amide bonds. The molecule has 110 valence electrons. The maximum absolute atomic E-state index is 11.8. The topological polar surface area (TPSA) is 49.4 Å². The van der Waals surface area contributed by atoms with Crippen LogP contribution in [0.5, 0.6) is 0 Å². The van der Waals surface area contributed by atoms with Gasteiger partial charge in [-0.15, -0.1) is 0 Å². The van der Waals surface area contributed by atoms with E-state index in [1.807, 2.05) is 0 Å². The van der Waals surface area contributed by atoms with Crippen LogP contribution >= 0.6 is 0 Å². The summed E-state index contributed by atoms with van der Waals surface area (Å²) in [6, 6.07) is 0.